The lowest BCUT2D eigenvalue weighted by Gasteiger charge is -2.30. The minimum absolute atomic E-state index is 0.0904. The Bertz CT molecular complexity index is 425. The van der Waals surface area contributed by atoms with Gasteiger partial charge in [0.05, 0.1) is 26.4 Å². The van der Waals surface area contributed by atoms with Gasteiger partial charge in [0.25, 0.3) is 5.91 Å². The van der Waals surface area contributed by atoms with Crippen molar-refractivity contribution in [1.82, 2.24) is 5.32 Å². The third-order valence-corrected chi connectivity index (χ3v) is 3.65. The molecule has 0 radical (unpaired) electrons. The summed E-state index contributed by atoms with van der Waals surface area (Å²) in [5.74, 6) is 0.856. The molecule has 0 atom stereocenters. The molecule has 112 valence electrons. The van der Waals surface area contributed by atoms with E-state index in [1.165, 1.54) is 14.2 Å². The van der Waals surface area contributed by atoms with Gasteiger partial charge in [-0.3, -0.25) is 4.79 Å². The Balaban J connectivity index is 3.02. The molecule has 1 aromatic rings. The molecular weight excluding hydrogens is 258 g/mol. The van der Waals surface area contributed by atoms with Crippen LogP contribution in [0.25, 0.3) is 0 Å². The molecule has 0 saturated carbocycles. The van der Waals surface area contributed by atoms with Crippen molar-refractivity contribution >= 4 is 5.91 Å². The largest absolute Gasteiger partial charge is 0.497 e. The van der Waals surface area contributed by atoms with Gasteiger partial charge < -0.3 is 19.9 Å². The number of hydrogen-bond donors (Lipinski definition) is 2. The number of nitrogens with one attached hydrogen (secondary N) is 1. The van der Waals surface area contributed by atoms with Crippen molar-refractivity contribution in [1.29, 1.82) is 0 Å². The van der Waals surface area contributed by atoms with E-state index in [9.17, 15) is 9.90 Å². The van der Waals surface area contributed by atoms with Gasteiger partial charge in [-0.2, -0.15) is 0 Å². The van der Waals surface area contributed by atoms with E-state index >= 15 is 0 Å². The summed E-state index contributed by atoms with van der Waals surface area (Å²) in [4.78, 5) is 12.3. The Morgan fingerprint density at radius 1 is 1.15 bits per heavy atom. The van der Waals surface area contributed by atoms with Crippen LogP contribution in [0.1, 0.15) is 37.0 Å². The lowest BCUT2D eigenvalue weighted by atomic mass is 9.93. The molecule has 0 spiro atoms. The normalized spacial score (nSPS) is 11.1. The summed E-state index contributed by atoms with van der Waals surface area (Å²) in [6.45, 7) is 3.78. The fraction of sp³-hybridized carbons (Fsp3) is 0.533. The fourth-order valence-corrected chi connectivity index (χ4v) is 1.94. The number of ether oxygens (including phenoxy) is 2. The Morgan fingerprint density at radius 3 is 2.00 bits per heavy atom. The van der Waals surface area contributed by atoms with Crippen LogP contribution in [0.4, 0.5) is 0 Å². The van der Waals surface area contributed by atoms with Gasteiger partial charge in [0.15, 0.2) is 0 Å². The van der Waals surface area contributed by atoms with Gasteiger partial charge in [-0.25, -0.2) is 0 Å². The molecule has 20 heavy (non-hydrogen) atoms. The Kier molecular flexibility index (Phi) is 5.82. The first-order valence-corrected chi connectivity index (χ1v) is 6.70. The number of benzene rings is 1. The maximum atomic E-state index is 12.3. The van der Waals surface area contributed by atoms with Gasteiger partial charge in [0, 0.05) is 11.6 Å². The Hall–Kier alpha value is -1.75. The van der Waals surface area contributed by atoms with Crippen molar-refractivity contribution in [2.24, 2.45) is 0 Å². The molecule has 0 aromatic heterocycles. The first-order valence-electron chi connectivity index (χ1n) is 6.70. The Morgan fingerprint density at radius 2 is 1.65 bits per heavy atom. The van der Waals surface area contributed by atoms with Crippen LogP contribution in [0.2, 0.25) is 0 Å². The maximum absolute atomic E-state index is 12.3. The SMILES string of the molecule is CCC(CC)(CO)NC(=O)c1cc(OC)cc(OC)c1. The highest BCUT2D eigenvalue weighted by Crippen LogP contribution is 2.23. The lowest BCUT2D eigenvalue weighted by molar-refractivity contribution is 0.0817. The molecule has 2 N–H and O–H groups in total. The van der Waals surface area contributed by atoms with Crippen molar-refractivity contribution in [2.75, 3.05) is 20.8 Å². The molecule has 0 heterocycles. The Labute approximate surface area is 119 Å². The van der Waals surface area contributed by atoms with E-state index in [1.54, 1.807) is 18.2 Å². The van der Waals surface area contributed by atoms with E-state index in [0.717, 1.165) is 0 Å². The maximum Gasteiger partial charge on any atom is 0.252 e. The molecule has 0 aliphatic rings. The van der Waals surface area contributed by atoms with Gasteiger partial charge in [-0.05, 0) is 25.0 Å². The summed E-state index contributed by atoms with van der Waals surface area (Å²) in [5, 5.41) is 12.4. The van der Waals surface area contributed by atoms with Crippen molar-refractivity contribution in [3.63, 3.8) is 0 Å². The van der Waals surface area contributed by atoms with E-state index in [1.807, 2.05) is 13.8 Å². The second kappa shape index (κ2) is 7.14. The minimum atomic E-state index is -0.590. The van der Waals surface area contributed by atoms with Crippen molar-refractivity contribution < 1.29 is 19.4 Å². The predicted octanol–water partition coefficient (Wildman–Crippen LogP) is 1.98. The van der Waals surface area contributed by atoms with Crippen LogP contribution in [0, 0.1) is 0 Å². The summed E-state index contributed by atoms with van der Waals surface area (Å²) in [7, 11) is 3.07. The van der Waals surface area contributed by atoms with Crippen LogP contribution >= 0.6 is 0 Å². The number of methoxy groups -OCH3 is 2. The molecule has 0 saturated heterocycles. The number of amides is 1. The average Bonchev–Trinajstić information content (AvgIpc) is 2.51. The molecule has 0 aliphatic carbocycles. The predicted molar refractivity (Wildman–Crippen MR) is 77.4 cm³/mol. The van der Waals surface area contributed by atoms with Crippen LogP contribution in [-0.4, -0.2) is 37.4 Å². The summed E-state index contributed by atoms with van der Waals surface area (Å²) in [6.07, 6.45) is 1.32. The lowest BCUT2D eigenvalue weighted by Crippen LogP contribution is -2.50. The van der Waals surface area contributed by atoms with Crippen LogP contribution in [-0.2, 0) is 0 Å². The molecule has 5 nitrogen and oxygen atoms in total. The van der Waals surface area contributed by atoms with E-state index in [-0.39, 0.29) is 12.5 Å². The third-order valence-electron chi connectivity index (χ3n) is 3.65. The minimum Gasteiger partial charge on any atom is -0.497 e. The number of carbonyl (C=O) groups is 1. The monoisotopic (exact) mass is 281 g/mol. The highest BCUT2D eigenvalue weighted by molar-refractivity contribution is 5.95. The molecular formula is C15H23NO4. The van der Waals surface area contributed by atoms with Gasteiger partial charge in [0.1, 0.15) is 11.5 Å². The number of aliphatic hydroxyl groups is 1. The average molecular weight is 281 g/mol. The topological polar surface area (TPSA) is 67.8 Å². The van der Waals surface area contributed by atoms with Crippen LogP contribution in [0.15, 0.2) is 18.2 Å². The zero-order valence-corrected chi connectivity index (χ0v) is 12.5. The van der Waals surface area contributed by atoms with Gasteiger partial charge in [0.2, 0.25) is 0 Å². The van der Waals surface area contributed by atoms with Crippen molar-refractivity contribution in [3.8, 4) is 11.5 Å². The summed E-state index contributed by atoms with van der Waals surface area (Å²) in [6, 6.07) is 4.99. The van der Waals surface area contributed by atoms with E-state index < -0.39 is 5.54 Å². The number of rotatable bonds is 7. The molecule has 0 unspecified atom stereocenters. The van der Waals surface area contributed by atoms with Crippen molar-refractivity contribution in [2.45, 2.75) is 32.2 Å². The van der Waals surface area contributed by atoms with E-state index in [0.29, 0.717) is 29.9 Å². The van der Waals surface area contributed by atoms with Gasteiger partial charge in [-0.15, -0.1) is 0 Å². The van der Waals surface area contributed by atoms with E-state index in [2.05, 4.69) is 5.32 Å². The molecule has 1 aromatic carbocycles. The molecule has 0 fully saturated rings. The highest BCUT2D eigenvalue weighted by atomic mass is 16.5. The van der Waals surface area contributed by atoms with Crippen LogP contribution in [0.3, 0.4) is 0 Å². The summed E-state index contributed by atoms with van der Waals surface area (Å²) in [5.41, 5.74) is -0.145. The quantitative estimate of drug-likeness (QED) is 0.802. The van der Waals surface area contributed by atoms with Gasteiger partial charge >= 0.3 is 0 Å². The van der Waals surface area contributed by atoms with Crippen molar-refractivity contribution in [3.05, 3.63) is 23.8 Å². The number of carbonyl (C=O) groups excluding carboxylic acids is 1. The second-order valence-corrected chi connectivity index (χ2v) is 4.70. The zero-order chi connectivity index (χ0) is 15.2. The molecule has 5 heteroatoms. The first-order chi connectivity index (χ1) is 9.53. The summed E-state index contributed by atoms with van der Waals surface area (Å²) < 4.78 is 10.3. The number of hydrogen-bond acceptors (Lipinski definition) is 4. The van der Waals surface area contributed by atoms with Gasteiger partial charge in [-0.1, -0.05) is 13.8 Å². The number of aliphatic hydroxyl groups excluding tert-OH is 1. The zero-order valence-electron chi connectivity index (χ0n) is 12.5. The molecule has 0 bridgehead atoms. The van der Waals surface area contributed by atoms with Crippen LogP contribution in [0.5, 0.6) is 11.5 Å². The molecule has 1 rings (SSSR count). The molecule has 0 aliphatic heterocycles. The fourth-order valence-electron chi connectivity index (χ4n) is 1.94. The first kappa shape index (κ1) is 16.3. The highest BCUT2D eigenvalue weighted by Gasteiger charge is 2.27. The second-order valence-electron chi connectivity index (χ2n) is 4.70. The molecule has 1 amide bonds. The smallest absolute Gasteiger partial charge is 0.252 e. The summed E-state index contributed by atoms with van der Waals surface area (Å²) >= 11 is 0. The third kappa shape index (κ3) is 3.63. The van der Waals surface area contributed by atoms with Crippen LogP contribution < -0.4 is 14.8 Å². The van der Waals surface area contributed by atoms with E-state index in [4.69, 9.17) is 9.47 Å². The standard InChI is InChI=1S/C15H23NO4/c1-5-15(6-2,10-17)16-14(18)11-7-12(19-3)9-13(8-11)20-4/h7-9,17H,5-6,10H2,1-4H3,(H,16,18).